The van der Waals surface area contributed by atoms with Crippen molar-refractivity contribution >= 4 is 0 Å². The molecule has 1 aromatic rings. The normalized spacial score (nSPS) is 10.3. The second kappa shape index (κ2) is 15.9. The summed E-state index contributed by atoms with van der Waals surface area (Å²) in [4.78, 5) is 0. The molecule has 154 valence electrons. The average molecular weight is 383 g/mol. The Kier molecular flexibility index (Phi) is 13.7. The molecular weight excluding hydrogens is 344 g/mol. The summed E-state index contributed by atoms with van der Waals surface area (Å²) in [5.74, 6) is 6.80. The summed E-state index contributed by atoms with van der Waals surface area (Å²) in [7, 11) is 0. The van der Waals surface area contributed by atoms with Crippen molar-refractivity contribution in [1.29, 1.82) is 0 Å². The van der Waals surface area contributed by atoms with Crippen LogP contribution in [0.1, 0.15) is 102 Å². The third-order valence-corrected chi connectivity index (χ3v) is 4.90. The lowest BCUT2D eigenvalue weighted by Gasteiger charge is -2.13. The van der Waals surface area contributed by atoms with Crippen molar-refractivity contribution < 1.29 is 9.47 Å². The van der Waals surface area contributed by atoms with Crippen molar-refractivity contribution in [1.82, 2.24) is 0 Å². The molecule has 0 radical (unpaired) electrons. The third kappa shape index (κ3) is 9.75. The smallest absolute Gasteiger partial charge is 0.136 e. The molecule has 0 bridgehead atoms. The van der Waals surface area contributed by atoms with E-state index in [9.17, 15) is 0 Å². The van der Waals surface area contributed by atoms with Gasteiger partial charge in [0.25, 0.3) is 0 Å². The van der Waals surface area contributed by atoms with Gasteiger partial charge in [-0.15, -0.1) is 12.8 Å². The van der Waals surface area contributed by atoms with E-state index in [1.807, 2.05) is 12.1 Å². The van der Waals surface area contributed by atoms with E-state index in [0.29, 0.717) is 35.8 Å². The van der Waals surface area contributed by atoms with Crippen LogP contribution in [0.5, 0.6) is 11.5 Å². The van der Waals surface area contributed by atoms with Crippen LogP contribution in [0.15, 0.2) is 12.1 Å². The van der Waals surface area contributed by atoms with Gasteiger partial charge < -0.3 is 9.47 Å². The summed E-state index contributed by atoms with van der Waals surface area (Å²) in [6.45, 7) is 5.80. The van der Waals surface area contributed by atoms with Crippen molar-refractivity contribution in [3.8, 4) is 36.2 Å². The highest BCUT2D eigenvalue weighted by molar-refractivity contribution is 5.57. The minimum Gasteiger partial charge on any atom is -0.492 e. The molecule has 2 heteroatoms. The highest BCUT2D eigenvalue weighted by atomic mass is 16.5. The molecule has 28 heavy (non-hydrogen) atoms. The zero-order valence-corrected chi connectivity index (χ0v) is 18.0. The van der Waals surface area contributed by atoms with Gasteiger partial charge in [-0.2, -0.15) is 0 Å². The van der Waals surface area contributed by atoms with Crippen LogP contribution in [-0.4, -0.2) is 13.2 Å². The molecule has 0 aliphatic heterocycles. The molecule has 0 aromatic heterocycles. The Morgan fingerprint density at radius 2 is 0.964 bits per heavy atom. The molecule has 0 spiro atoms. The molecule has 0 N–H and O–H groups in total. The first-order chi connectivity index (χ1) is 13.8. The summed E-state index contributed by atoms with van der Waals surface area (Å²) < 4.78 is 11.8. The molecule has 0 fully saturated rings. The maximum absolute atomic E-state index is 5.92. The Bertz CT molecular complexity index is 563. The lowest BCUT2D eigenvalue weighted by atomic mass is 10.1. The van der Waals surface area contributed by atoms with Gasteiger partial charge in [0, 0.05) is 12.1 Å². The van der Waals surface area contributed by atoms with E-state index < -0.39 is 0 Å². The van der Waals surface area contributed by atoms with E-state index >= 15 is 0 Å². The van der Waals surface area contributed by atoms with Gasteiger partial charge >= 0.3 is 0 Å². The van der Waals surface area contributed by atoms with Gasteiger partial charge in [-0.05, 0) is 12.8 Å². The van der Waals surface area contributed by atoms with Gasteiger partial charge in [0.2, 0.25) is 0 Å². The number of ether oxygens (including phenoxy) is 2. The lowest BCUT2D eigenvalue weighted by Crippen LogP contribution is -2.03. The van der Waals surface area contributed by atoms with Crippen LogP contribution in [0.3, 0.4) is 0 Å². The largest absolute Gasteiger partial charge is 0.492 e. The van der Waals surface area contributed by atoms with Crippen LogP contribution in [0.2, 0.25) is 0 Å². The first-order valence-electron chi connectivity index (χ1n) is 11.1. The molecule has 0 aliphatic rings. The van der Waals surface area contributed by atoms with E-state index in [1.165, 1.54) is 64.2 Å². The number of benzene rings is 1. The van der Waals surface area contributed by atoms with Crippen LogP contribution in [0, 0.1) is 24.7 Å². The molecule has 0 amide bonds. The van der Waals surface area contributed by atoms with E-state index in [2.05, 4.69) is 25.7 Å². The van der Waals surface area contributed by atoms with Crippen molar-refractivity contribution in [2.75, 3.05) is 13.2 Å². The Labute approximate surface area is 173 Å². The van der Waals surface area contributed by atoms with Gasteiger partial charge in [-0.1, -0.05) is 89.9 Å². The molecule has 0 heterocycles. The van der Waals surface area contributed by atoms with Crippen LogP contribution >= 0.6 is 0 Å². The summed E-state index contributed by atoms with van der Waals surface area (Å²) >= 11 is 0. The Morgan fingerprint density at radius 3 is 1.32 bits per heavy atom. The van der Waals surface area contributed by atoms with Crippen LogP contribution in [-0.2, 0) is 0 Å². The summed E-state index contributed by atoms with van der Waals surface area (Å²) in [6.07, 6.45) is 26.1. The quantitative estimate of drug-likeness (QED) is 0.224. The monoisotopic (exact) mass is 382 g/mol. The third-order valence-electron chi connectivity index (χ3n) is 4.90. The Morgan fingerprint density at radius 1 is 0.607 bits per heavy atom. The first-order valence-corrected chi connectivity index (χ1v) is 11.1. The van der Waals surface area contributed by atoms with Gasteiger partial charge in [0.05, 0.1) is 24.3 Å². The number of unbranched alkanes of at least 4 members (excludes halogenated alkanes) is 10. The Balaban J connectivity index is 2.49. The fourth-order valence-corrected chi connectivity index (χ4v) is 3.15. The molecule has 1 aromatic carbocycles. The van der Waals surface area contributed by atoms with Gasteiger partial charge in [0.1, 0.15) is 11.5 Å². The molecule has 1 rings (SSSR count). The van der Waals surface area contributed by atoms with Gasteiger partial charge in [0.15, 0.2) is 0 Å². The average Bonchev–Trinajstić information content (AvgIpc) is 2.72. The maximum Gasteiger partial charge on any atom is 0.136 e. The van der Waals surface area contributed by atoms with Crippen molar-refractivity contribution in [2.45, 2.75) is 90.9 Å². The van der Waals surface area contributed by atoms with Gasteiger partial charge in [-0.25, -0.2) is 0 Å². The van der Waals surface area contributed by atoms with Crippen molar-refractivity contribution in [2.24, 2.45) is 0 Å². The second-order valence-electron chi connectivity index (χ2n) is 7.37. The SMILES string of the molecule is C#Cc1cc(OCCCCCCCC)c(C#C)cc1OCCCCCCCC. The number of hydrogen-bond donors (Lipinski definition) is 0. The molecule has 0 unspecified atom stereocenters. The number of terminal acetylenes is 2. The lowest BCUT2D eigenvalue weighted by molar-refractivity contribution is 0.295. The summed E-state index contributed by atoms with van der Waals surface area (Å²) in [5.41, 5.74) is 1.42. The minimum atomic E-state index is 0.669. The highest BCUT2D eigenvalue weighted by Crippen LogP contribution is 2.29. The van der Waals surface area contributed by atoms with Crippen LogP contribution in [0.25, 0.3) is 0 Å². The van der Waals surface area contributed by atoms with Crippen molar-refractivity contribution in [3.05, 3.63) is 23.3 Å². The predicted molar refractivity (Wildman–Crippen MR) is 120 cm³/mol. The summed E-state index contributed by atoms with van der Waals surface area (Å²) in [5, 5.41) is 0. The zero-order chi connectivity index (χ0) is 20.5. The number of hydrogen-bond acceptors (Lipinski definition) is 2. The molecule has 0 atom stereocenters. The molecular formula is C26H38O2. The van der Waals surface area contributed by atoms with Gasteiger partial charge in [-0.3, -0.25) is 0 Å². The first kappa shape index (κ1) is 24.0. The van der Waals surface area contributed by atoms with E-state index in [0.717, 1.165) is 12.8 Å². The minimum absolute atomic E-state index is 0.669. The summed E-state index contributed by atoms with van der Waals surface area (Å²) in [6, 6.07) is 3.70. The second-order valence-corrected chi connectivity index (χ2v) is 7.37. The van der Waals surface area contributed by atoms with Crippen molar-refractivity contribution in [3.63, 3.8) is 0 Å². The topological polar surface area (TPSA) is 18.5 Å². The van der Waals surface area contributed by atoms with E-state index in [-0.39, 0.29) is 0 Å². The van der Waals surface area contributed by atoms with Crippen LogP contribution in [0.4, 0.5) is 0 Å². The van der Waals surface area contributed by atoms with Crippen LogP contribution < -0.4 is 9.47 Å². The highest BCUT2D eigenvalue weighted by Gasteiger charge is 2.10. The van der Waals surface area contributed by atoms with E-state index in [4.69, 9.17) is 22.3 Å². The van der Waals surface area contributed by atoms with E-state index in [1.54, 1.807) is 0 Å². The molecule has 2 nitrogen and oxygen atoms in total. The Hall–Kier alpha value is -2.06. The standard InChI is InChI=1S/C26H38O2/c1-5-9-11-13-15-17-19-27-25-21-24(8-4)26(22-23(25)7-3)28-20-18-16-14-12-10-6-2/h3-4,21-22H,5-6,9-20H2,1-2H3. The fourth-order valence-electron chi connectivity index (χ4n) is 3.15. The zero-order valence-electron chi connectivity index (χ0n) is 18.0. The predicted octanol–water partition coefficient (Wildman–Crippen LogP) is 7.13. The number of rotatable bonds is 16. The maximum atomic E-state index is 5.92. The molecule has 0 saturated heterocycles. The molecule has 0 saturated carbocycles. The molecule has 0 aliphatic carbocycles. The fraction of sp³-hybridized carbons (Fsp3) is 0.615.